The van der Waals surface area contributed by atoms with Crippen molar-refractivity contribution in [1.29, 1.82) is 0 Å². The van der Waals surface area contributed by atoms with Crippen LogP contribution in [0.15, 0.2) is 59.2 Å². The van der Waals surface area contributed by atoms with Gasteiger partial charge in [-0.1, -0.05) is 34.9 Å². The SMILES string of the molecule is COc1cc(NC(=O)c2ccc(O)c(O)c2CC=C(C)C)c(CC=C(C)CCC=C(C)C)c(OC)c1. The molecule has 0 bridgehead atoms. The van der Waals surface area contributed by atoms with Crippen molar-refractivity contribution >= 4 is 11.6 Å². The molecule has 2 aromatic carbocycles. The number of benzene rings is 2. The Morgan fingerprint density at radius 1 is 0.889 bits per heavy atom. The summed E-state index contributed by atoms with van der Waals surface area (Å²) in [6.45, 7) is 10.2. The fraction of sp³-hybridized carbons (Fsp3) is 0.367. The number of amides is 1. The monoisotopic (exact) mass is 493 g/mol. The van der Waals surface area contributed by atoms with Gasteiger partial charge < -0.3 is 25.0 Å². The number of nitrogens with one attached hydrogen (secondary N) is 1. The van der Waals surface area contributed by atoms with Gasteiger partial charge >= 0.3 is 0 Å². The molecule has 2 rings (SSSR count). The first-order valence-corrected chi connectivity index (χ1v) is 12.1. The van der Waals surface area contributed by atoms with Gasteiger partial charge in [0.1, 0.15) is 11.5 Å². The van der Waals surface area contributed by atoms with E-state index < -0.39 is 5.91 Å². The zero-order chi connectivity index (χ0) is 26.8. The molecule has 0 aliphatic rings. The molecule has 6 heteroatoms. The minimum atomic E-state index is -0.400. The van der Waals surface area contributed by atoms with Crippen LogP contribution in [0.2, 0.25) is 0 Å². The molecule has 0 saturated carbocycles. The summed E-state index contributed by atoms with van der Waals surface area (Å²) < 4.78 is 11.1. The predicted octanol–water partition coefficient (Wildman–Crippen LogP) is 7.11. The maximum Gasteiger partial charge on any atom is 0.256 e. The van der Waals surface area contributed by atoms with Gasteiger partial charge in [-0.05, 0) is 72.4 Å². The van der Waals surface area contributed by atoms with Gasteiger partial charge in [-0.3, -0.25) is 4.79 Å². The second-order valence-corrected chi connectivity index (χ2v) is 9.33. The number of hydrogen-bond donors (Lipinski definition) is 3. The van der Waals surface area contributed by atoms with E-state index in [2.05, 4.69) is 38.2 Å². The van der Waals surface area contributed by atoms with Crippen molar-refractivity contribution in [3.63, 3.8) is 0 Å². The maximum absolute atomic E-state index is 13.4. The van der Waals surface area contributed by atoms with Gasteiger partial charge in [-0.15, -0.1) is 0 Å². The fourth-order valence-corrected chi connectivity index (χ4v) is 3.75. The van der Waals surface area contributed by atoms with Crippen molar-refractivity contribution < 1.29 is 24.5 Å². The van der Waals surface area contributed by atoms with E-state index in [4.69, 9.17) is 9.47 Å². The average Bonchev–Trinajstić information content (AvgIpc) is 2.83. The molecular formula is C30H39NO5. The number of phenols is 2. The molecule has 0 aromatic heterocycles. The summed E-state index contributed by atoms with van der Waals surface area (Å²) in [5, 5.41) is 23.5. The Kier molecular flexibility index (Phi) is 10.7. The van der Waals surface area contributed by atoms with Crippen LogP contribution in [0.1, 0.15) is 68.9 Å². The number of carbonyl (C=O) groups is 1. The molecule has 0 spiro atoms. The summed E-state index contributed by atoms with van der Waals surface area (Å²) in [5.74, 6) is 0.202. The summed E-state index contributed by atoms with van der Waals surface area (Å²) in [5.41, 5.74) is 5.61. The number of phenolic OH excluding ortho intramolecular Hbond substituents is 2. The van der Waals surface area contributed by atoms with Crippen molar-refractivity contribution in [2.75, 3.05) is 19.5 Å². The molecule has 2 aromatic rings. The van der Waals surface area contributed by atoms with Crippen LogP contribution in [-0.2, 0) is 12.8 Å². The number of aromatic hydroxyl groups is 2. The number of carbonyl (C=O) groups excluding carboxylic acids is 1. The summed E-state index contributed by atoms with van der Waals surface area (Å²) in [6.07, 6.45) is 9.07. The predicted molar refractivity (Wildman–Crippen MR) is 147 cm³/mol. The molecule has 194 valence electrons. The Hall–Kier alpha value is -3.67. The molecule has 0 heterocycles. The summed E-state index contributed by atoms with van der Waals surface area (Å²) >= 11 is 0. The van der Waals surface area contributed by atoms with Crippen molar-refractivity contribution in [2.24, 2.45) is 0 Å². The van der Waals surface area contributed by atoms with Gasteiger partial charge in [0, 0.05) is 28.8 Å². The van der Waals surface area contributed by atoms with E-state index in [0.29, 0.717) is 35.6 Å². The van der Waals surface area contributed by atoms with E-state index in [-0.39, 0.29) is 17.1 Å². The van der Waals surface area contributed by atoms with Gasteiger partial charge in [0.15, 0.2) is 11.5 Å². The molecule has 6 nitrogen and oxygen atoms in total. The smallest absolute Gasteiger partial charge is 0.256 e. The van der Waals surface area contributed by atoms with Crippen LogP contribution in [0.5, 0.6) is 23.0 Å². The number of allylic oxidation sites excluding steroid dienone is 6. The first-order valence-electron chi connectivity index (χ1n) is 12.1. The highest BCUT2D eigenvalue weighted by molar-refractivity contribution is 6.06. The molecule has 36 heavy (non-hydrogen) atoms. The Morgan fingerprint density at radius 2 is 1.56 bits per heavy atom. The highest BCUT2D eigenvalue weighted by Crippen LogP contribution is 2.36. The third kappa shape index (κ3) is 7.94. The van der Waals surface area contributed by atoms with Crippen LogP contribution in [0.3, 0.4) is 0 Å². The molecule has 0 atom stereocenters. The molecule has 0 aliphatic heterocycles. The lowest BCUT2D eigenvalue weighted by molar-refractivity contribution is 0.102. The molecule has 1 amide bonds. The second-order valence-electron chi connectivity index (χ2n) is 9.33. The molecule has 0 radical (unpaired) electrons. The quantitative estimate of drug-likeness (QED) is 0.229. The normalized spacial score (nSPS) is 11.0. The van der Waals surface area contributed by atoms with Crippen LogP contribution in [0.25, 0.3) is 0 Å². The van der Waals surface area contributed by atoms with Gasteiger partial charge in [0.2, 0.25) is 0 Å². The summed E-state index contributed by atoms with van der Waals surface area (Å²) in [4.78, 5) is 13.4. The van der Waals surface area contributed by atoms with E-state index in [1.54, 1.807) is 26.4 Å². The highest BCUT2D eigenvalue weighted by atomic mass is 16.5. The molecular weight excluding hydrogens is 454 g/mol. The molecule has 0 unspecified atom stereocenters. The number of anilines is 1. The van der Waals surface area contributed by atoms with Crippen molar-refractivity contribution in [1.82, 2.24) is 0 Å². The molecule has 0 fully saturated rings. The van der Waals surface area contributed by atoms with Crippen molar-refractivity contribution in [2.45, 2.75) is 60.3 Å². The number of hydrogen-bond acceptors (Lipinski definition) is 5. The Morgan fingerprint density at radius 3 is 2.17 bits per heavy atom. The van der Waals surface area contributed by atoms with Crippen LogP contribution < -0.4 is 14.8 Å². The minimum Gasteiger partial charge on any atom is -0.504 e. The maximum atomic E-state index is 13.4. The Bertz CT molecular complexity index is 1170. The lowest BCUT2D eigenvalue weighted by Crippen LogP contribution is -2.16. The first-order chi connectivity index (χ1) is 17.1. The molecule has 0 aliphatic carbocycles. The molecule has 3 N–H and O–H groups in total. The molecule has 0 saturated heterocycles. The second kappa shape index (κ2) is 13.4. The van der Waals surface area contributed by atoms with E-state index in [0.717, 1.165) is 24.0 Å². The largest absolute Gasteiger partial charge is 0.504 e. The van der Waals surface area contributed by atoms with Crippen LogP contribution in [-0.4, -0.2) is 30.3 Å². The highest BCUT2D eigenvalue weighted by Gasteiger charge is 2.20. The van der Waals surface area contributed by atoms with Crippen molar-refractivity contribution in [3.05, 3.63) is 75.9 Å². The summed E-state index contributed by atoms with van der Waals surface area (Å²) in [7, 11) is 3.15. The zero-order valence-corrected chi connectivity index (χ0v) is 22.5. The van der Waals surface area contributed by atoms with Crippen LogP contribution in [0, 0.1) is 0 Å². The lowest BCUT2D eigenvalue weighted by atomic mass is 9.99. The van der Waals surface area contributed by atoms with Crippen LogP contribution >= 0.6 is 0 Å². The number of methoxy groups -OCH3 is 2. The fourth-order valence-electron chi connectivity index (χ4n) is 3.75. The lowest BCUT2D eigenvalue weighted by Gasteiger charge is -2.17. The third-order valence-electron chi connectivity index (χ3n) is 5.85. The summed E-state index contributed by atoms with van der Waals surface area (Å²) in [6, 6.07) is 6.40. The van der Waals surface area contributed by atoms with Gasteiger partial charge in [-0.25, -0.2) is 0 Å². The van der Waals surface area contributed by atoms with Gasteiger partial charge in [0.05, 0.1) is 19.9 Å². The van der Waals surface area contributed by atoms with E-state index >= 15 is 0 Å². The van der Waals surface area contributed by atoms with E-state index in [9.17, 15) is 15.0 Å². The van der Waals surface area contributed by atoms with Gasteiger partial charge in [-0.2, -0.15) is 0 Å². The number of rotatable bonds is 11. The average molecular weight is 494 g/mol. The number of ether oxygens (including phenoxy) is 2. The third-order valence-corrected chi connectivity index (χ3v) is 5.85. The minimum absolute atomic E-state index is 0.263. The zero-order valence-electron chi connectivity index (χ0n) is 22.5. The Balaban J connectivity index is 2.45. The van der Waals surface area contributed by atoms with Gasteiger partial charge in [0.25, 0.3) is 5.91 Å². The van der Waals surface area contributed by atoms with E-state index in [1.165, 1.54) is 23.3 Å². The van der Waals surface area contributed by atoms with Crippen molar-refractivity contribution in [3.8, 4) is 23.0 Å². The first kappa shape index (κ1) is 28.6. The Labute approximate surface area is 215 Å². The van der Waals surface area contributed by atoms with E-state index in [1.807, 2.05) is 19.9 Å². The van der Waals surface area contributed by atoms with Crippen LogP contribution in [0.4, 0.5) is 5.69 Å². The topological polar surface area (TPSA) is 88.0 Å². The standard InChI is InChI=1S/C30H39NO5/c1-19(2)9-8-10-21(5)12-14-25-26(17-22(35-6)18-28(25)36-7)31-30(34)24-15-16-27(32)29(33)23(24)13-11-20(3)4/h9,11-12,15-18,32-33H,8,10,13-14H2,1-7H3,(H,31,34).